The summed E-state index contributed by atoms with van der Waals surface area (Å²) in [6.07, 6.45) is -1.16. The number of aromatic nitrogens is 3. The second kappa shape index (κ2) is 6.15. The number of nitrogens with zero attached hydrogens (tertiary/aromatic N) is 4. The number of carboxylic acid groups (broad SMARTS) is 1. The third-order valence-corrected chi connectivity index (χ3v) is 3.48. The van der Waals surface area contributed by atoms with Crippen LogP contribution in [-0.2, 0) is 11.3 Å². The molecule has 1 N–H and O–H groups in total. The number of hydrogen-bond donors (Lipinski definition) is 1. The van der Waals surface area contributed by atoms with Crippen LogP contribution in [0.25, 0.3) is 0 Å². The number of hydrogen-bond acceptors (Lipinski definition) is 4. The summed E-state index contributed by atoms with van der Waals surface area (Å²) < 4.78 is 26.6. The molecule has 1 aliphatic rings. The molecule has 7 nitrogen and oxygen atoms in total. The smallest absolute Gasteiger partial charge is 0.358 e. The molecule has 21 heavy (non-hydrogen) atoms. The van der Waals surface area contributed by atoms with Gasteiger partial charge < -0.3 is 10.0 Å². The fourth-order valence-electron chi connectivity index (χ4n) is 2.45. The van der Waals surface area contributed by atoms with Crippen LogP contribution in [0.3, 0.4) is 0 Å². The highest BCUT2D eigenvalue weighted by atomic mass is 19.3. The van der Waals surface area contributed by atoms with E-state index in [0.717, 1.165) is 12.8 Å². The predicted octanol–water partition coefficient (Wildman–Crippen LogP) is 1.17. The molecular weight excluding hydrogens is 286 g/mol. The largest absolute Gasteiger partial charge is 0.476 e. The highest BCUT2D eigenvalue weighted by molar-refractivity contribution is 5.86. The van der Waals surface area contributed by atoms with Crippen LogP contribution in [0.15, 0.2) is 0 Å². The van der Waals surface area contributed by atoms with Crippen LogP contribution < -0.4 is 0 Å². The predicted molar refractivity (Wildman–Crippen MR) is 66.9 cm³/mol. The molecule has 1 saturated heterocycles. The Morgan fingerprint density at radius 1 is 1.48 bits per heavy atom. The lowest BCUT2D eigenvalue weighted by Crippen LogP contribution is -2.41. The molecule has 2 heterocycles. The van der Waals surface area contributed by atoms with Gasteiger partial charge in [-0.3, -0.25) is 4.79 Å². The monoisotopic (exact) mass is 302 g/mol. The Morgan fingerprint density at radius 3 is 2.76 bits per heavy atom. The molecule has 9 heteroatoms. The molecule has 0 saturated carbocycles. The van der Waals surface area contributed by atoms with Crippen LogP contribution in [0, 0.1) is 5.92 Å². The van der Waals surface area contributed by atoms with Gasteiger partial charge in [0.2, 0.25) is 5.91 Å². The lowest BCUT2D eigenvalue weighted by Gasteiger charge is -2.31. The van der Waals surface area contributed by atoms with E-state index < -0.39 is 30.3 Å². The van der Waals surface area contributed by atoms with Crippen LogP contribution in [0.4, 0.5) is 8.78 Å². The van der Waals surface area contributed by atoms with Crippen LogP contribution in [0.2, 0.25) is 0 Å². The lowest BCUT2D eigenvalue weighted by molar-refractivity contribution is -0.133. The second-order valence-electron chi connectivity index (χ2n) is 5.17. The van der Waals surface area contributed by atoms with Gasteiger partial charge in [-0.15, -0.1) is 5.10 Å². The minimum absolute atomic E-state index is 0.356. The van der Waals surface area contributed by atoms with Gasteiger partial charge in [0.05, 0.1) is 0 Å². The van der Waals surface area contributed by atoms with E-state index in [1.807, 2.05) is 6.92 Å². The molecule has 0 aliphatic carbocycles. The molecule has 1 aliphatic heterocycles. The molecule has 1 aromatic rings. The van der Waals surface area contributed by atoms with Gasteiger partial charge in [-0.1, -0.05) is 12.1 Å². The van der Waals surface area contributed by atoms with Crippen molar-refractivity contribution in [3.8, 4) is 0 Å². The Labute approximate surface area is 119 Å². The number of alkyl halides is 2. The zero-order chi connectivity index (χ0) is 15.6. The van der Waals surface area contributed by atoms with Gasteiger partial charge in [-0.05, 0) is 18.8 Å². The summed E-state index contributed by atoms with van der Waals surface area (Å²) in [5, 5.41) is 15.4. The van der Waals surface area contributed by atoms with Crippen molar-refractivity contribution in [2.75, 3.05) is 13.1 Å². The third kappa shape index (κ3) is 3.34. The summed E-state index contributed by atoms with van der Waals surface area (Å²) in [5.74, 6) is -1.58. The summed E-state index contributed by atoms with van der Waals surface area (Å²) in [6, 6.07) is 0. The second-order valence-corrected chi connectivity index (χ2v) is 5.17. The van der Waals surface area contributed by atoms with Crippen LogP contribution in [-0.4, -0.2) is 50.0 Å². The van der Waals surface area contributed by atoms with E-state index in [1.54, 1.807) is 4.90 Å². The van der Waals surface area contributed by atoms with Crippen molar-refractivity contribution < 1.29 is 23.5 Å². The number of likely N-dealkylation sites (tertiary alicyclic amines) is 1. The molecule has 0 bridgehead atoms. The van der Waals surface area contributed by atoms with Gasteiger partial charge in [-0.2, -0.15) is 0 Å². The molecule has 0 aromatic carbocycles. The minimum atomic E-state index is -3.06. The summed E-state index contributed by atoms with van der Waals surface area (Å²) in [4.78, 5) is 24.5. The maximum atomic E-state index is 12.9. The van der Waals surface area contributed by atoms with Gasteiger partial charge in [0.25, 0.3) is 6.43 Å². The first-order chi connectivity index (χ1) is 9.90. The van der Waals surface area contributed by atoms with Gasteiger partial charge in [-0.25, -0.2) is 18.3 Å². The number of aromatic carboxylic acids is 1. The first-order valence-electron chi connectivity index (χ1n) is 6.62. The number of piperidine rings is 1. The summed E-state index contributed by atoms with van der Waals surface area (Å²) in [7, 11) is 0. The number of carbonyl (C=O) groups is 2. The zero-order valence-corrected chi connectivity index (χ0v) is 11.5. The number of rotatable bonds is 4. The first-order valence-corrected chi connectivity index (χ1v) is 6.62. The first kappa shape index (κ1) is 15.3. The van der Waals surface area contributed by atoms with E-state index in [-0.39, 0.29) is 5.91 Å². The normalized spacial score (nSPS) is 19.0. The maximum Gasteiger partial charge on any atom is 0.358 e. The molecule has 0 radical (unpaired) electrons. The average molecular weight is 302 g/mol. The van der Waals surface area contributed by atoms with Crippen molar-refractivity contribution in [3.05, 3.63) is 11.4 Å². The van der Waals surface area contributed by atoms with Crippen molar-refractivity contribution in [2.24, 2.45) is 5.92 Å². The standard InChI is InChI=1S/C12H16F2N4O3/c1-7-3-2-4-17(5-7)8(19)6-18-10(11(13)14)9(12(20)21)15-16-18/h7,11H,2-6H2,1H3,(H,20,21). The van der Waals surface area contributed by atoms with Gasteiger partial charge in [0.15, 0.2) is 5.69 Å². The number of halogens is 2. The van der Waals surface area contributed by atoms with E-state index in [9.17, 15) is 18.4 Å². The molecular formula is C12H16F2N4O3. The molecule has 116 valence electrons. The fraction of sp³-hybridized carbons (Fsp3) is 0.667. The van der Waals surface area contributed by atoms with Crippen molar-refractivity contribution >= 4 is 11.9 Å². The van der Waals surface area contributed by atoms with Gasteiger partial charge in [0, 0.05) is 13.1 Å². The van der Waals surface area contributed by atoms with Crippen molar-refractivity contribution in [3.63, 3.8) is 0 Å². The number of carboxylic acids is 1. The van der Waals surface area contributed by atoms with Crippen molar-refractivity contribution in [2.45, 2.75) is 32.7 Å². The van der Waals surface area contributed by atoms with Crippen molar-refractivity contribution in [1.82, 2.24) is 19.9 Å². The lowest BCUT2D eigenvalue weighted by atomic mass is 10.0. The molecule has 1 fully saturated rings. The average Bonchev–Trinajstić information content (AvgIpc) is 2.82. The topological polar surface area (TPSA) is 88.3 Å². The fourth-order valence-corrected chi connectivity index (χ4v) is 2.45. The molecule has 2 rings (SSSR count). The Kier molecular flexibility index (Phi) is 4.49. The molecule has 1 amide bonds. The number of amides is 1. The Morgan fingerprint density at radius 2 is 2.19 bits per heavy atom. The summed E-state index contributed by atoms with van der Waals surface area (Å²) >= 11 is 0. The Bertz CT molecular complexity index is 547. The van der Waals surface area contributed by atoms with E-state index in [0.29, 0.717) is 23.7 Å². The van der Waals surface area contributed by atoms with Crippen LogP contribution in [0.5, 0.6) is 0 Å². The highest BCUT2D eigenvalue weighted by Gasteiger charge is 2.29. The Hall–Kier alpha value is -2.06. The van der Waals surface area contributed by atoms with Gasteiger partial charge >= 0.3 is 5.97 Å². The number of carbonyl (C=O) groups excluding carboxylic acids is 1. The quantitative estimate of drug-likeness (QED) is 0.902. The molecule has 1 aromatic heterocycles. The zero-order valence-electron chi connectivity index (χ0n) is 11.5. The maximum absolute atomic E-state index is 12.9. The van der Waals surface area contributed by atoms with E-state index in [1.165, 1.54) is 0 Å². The summed E-state index contributed by atoms with van der Waals surface area (Å²) in [5.41, 5.74) is -1.65. The van der Waals surface area contributed by atoms with Crippen LogP contribution in [0.1, 0.15) is 42.4 Å². The molecule has 1 atom stereocenters. The molecule has 1 unspecified atom stereocenters. The molecule has 0 spiro atoms. The van der Waals surface area contributed by atoms with Gasteiger partial charge in [0.1, 0.15) is 12.2 Å². The third-order valence-electron chi connectivity index (χ3n) is 3.48. The van der Waals surface area contributed by atoms with E-state index in [2.05, 4.69) is 10.3 Å². The minimum Gasteiger partial charge on any atom is -0.476 e. The van der Waals surface area contributed by atoms with Crippen LogP contribution >= 0.6 is 0 Å². The SMILES string of the molecule is CC1CCCN(C(=O)Cn2nnc(C(=O)O)c2C(F)F)C1. The van der Waals surface area contributed by atoms with E-state index >= 15 is 0 Å². The Balaban J connectivity index is 2.15. The van der Waals surface area contributed by atoms with E-state index in [4.69, 9.17) is 5.11 Å². The summed E-state index contributed by atoms with van der Waals surface area (Å²) in [6.45, 7) is 2.74. The highest BCUT2D eigenvalue weighted by Crippen LogP contribution is 2.22. The van der Waals surface area contributed by atoms with Crippen molar-refractivity contribution in [1.29, 1.82) is 0 Å².